The van der Waals surface area contributed by atoms with Gasteiger partial charge < -0.3 is 0 Å². The Labute approximate surface area is 79.4 Å². The van der Waals surface area contributed by atoms with Gasteiger partial charge in [-0.15, -0.1) is 0 Å². The van der Waals surface area contributed by atoms with E-state index in [1.807, 2.05) is 26.0 Å². The number of allylic oxidation sites excluding steroid dienone is 2. The number of rotatable bonds is 4. The zero-order valence-electron chi connectivity index (χ0n) is 7.49. The average Bonchev–Trinajstić information content (AvgIpc) is 2.04. The third-order valence-corrected chi connectivity index (χ3v) is 1.43. The number of amides is 1. The molecule has 0 aromatic rings. The van der Waals surface area contributed by atoms with Crippen molar-refractivity contribution in [3.05, 3.63) is 24.6 Å². The van der Waals surface area contributed by atoms with Crippen LogP contribution in [0.2, 0.25) is 0 Å². The zero-order chi connectivity index (χ0) is 9.40. The van der Waals surface area contributed by atoms with Crippen LogP contribution in [-0.2, 0) is 0 Å². The summed E-state index contributed by atoms with van der Waals surface area (Å²) in [6, 6.07) is 0. The summed E-state index contributed by atoms with van der Waals surface area (Å²) in [7, 11) is 0. The molecule has 12 heavy (non-hydrogen) atoms. The molecule has 2 nitrogen and oxygen atoms in total. The smallest absolute Gasteiger partial charge is 0.282 e. The van der Waals surface area contributed by atoms with E-state index in [1.54, 1.807) is 12.4 Å². The molecule has 0 aliphatic carbocycles. The molecule has 67 valence electrons. The number of hydrogen-bond acceptors (Lipinski definition) is 1. The Hall–Kier alpha value is -0.830. The molecule has 0 unspecified atom stereocenters. The summed E-state index contributed by atoms with van der Waals surface area (Å²) in [6.07, 6.45) is 8.98. The standard InChI is InChI=1S/C9H14NOS/c1-3-5-7-10(9(11)12)8-6-4-2/h5-8H,3-4H2,1-2H3/b7-5+,8-6+. The molecular formula is C9H14NOS. The second-order valence-electron chi connectivity index (χ2n) is 2.26. The molecule has 0 aromatic heterocycles. The van der Waals surface area contributed by atoms with E-state index in [0.717, 1.165) is 12.8 Å². The normalized spacial score (nSPS) is 11.2. The molecule has 3 heteroatoms. The Balaban J connectivity index is 4.13. The third kappa shape index (κ3) is 4.91. The van der Waals surface area contributed by atoms with Crippen molar-refractivity contribution in [2.45, 2.75) is 26.7 Å². The Kier molecular flexibility index (Phi) is 6.38. The summed E-state index contributed by atoms with van der Waals surface area (Å²) >= 11 is 4.51. The van der Waals surface area contributed by atoms with Crippen LogP contribution in [0.4, 0.5) is 4.79 Å². The van der Waals surface area contributed by atoms with Gasteiger partial charge in [-0.3, -0.25) is 9.69 Å². The number of nitrogens with zero attached hydrogens (tertiary/aromatic N) is 1. The molecule has 0 aliphatic heterocycles. The molecule has 1 amide bonds. The van der Waals surface area contributed by atoms with Crippen molar-refractivity contribution < 1.29 is 4.79 Å². The Morgan fingerprint density at radius 2 is 1.67 bits per heavy atom. The lowest BCUT2D eigenvalue weighted by Crippen LogP contribution is -2.11. The Morgan fingerprint density at radius 1 is 1.25 bits per heavy atom. The van der Waals surface area contributed by atoms with Crippen molar-refractivity contribution in [1.82, 2.24) is 4.90 Å². The zero-order valence-corrected chi connectivity index (χ0v) is 8.30. The summed E-state index contributed by atoms with van der Waals surface area (Å²) < 4.78 is 0. The van der Waals surface area contributed by atoms with Crippen molar-refractivity contribution >= 4 is 17.9 Å². The lowest BCUT2D eigenvalue weighted by atomic mass is 10.4. The molecule has 0 N–H and O–H groups in total. The van der Waals surface area contributed by atoms with E-state index in [9.17, 15) is 4.79 Å². The van der Waals surface area contributed by atoms with E-state index in [1.165, 1.54) is 4.90 Å². The van der Waals surface area contributed by atoms with E-state index in [0.29, 0.717) is 0 Å². The van der Waals surface area contributed by atoms with Crippen LogP contribution in [-0.4, -0.2) is 10.1 Å². The van der Waals surface area contributed by atoms with E-state index in [-0.39, 0.29) is 5.24 Å². The topological polar surface area (TPSA) is 20.3 Å². The fourth-order valence-corrected chi connectivity index (χ4v) is 0.731. The van der Waals surface area contributed by atoms with Crippen molar-refractivity contribution in [3.8, 4) is 0 Å². The molecule has 0 bridgehead atoms. The number of hydrogen-bond donors (Lipinski definition) is 0. The number of carbonyl (C=O) groups excluding carboxylic acids is 1. The van der Waals surface area contributed by atoms with Crippen LogP contribution in [0.3, 0.4) is 0 Å². The minimum atomic E-state index is -0.371. The second-order valence-corrected chi connectivity index (χ2v) is 2.61. The van der Waals surface area contributed by atoms with Gasteiger partial charge in [0.2, 0.25) is 0 Å². The highest BCUT2D eigenvalue weighted by molar-refractivity contribution is 7.96. The molecular weight excluding hydrogens is 170 g/mol. The SMILES string of the molecule is CC/C=C/N(/C=C/CC)C(=O)[S]. The monoisotopic (exact) mass is 184 g/mol. The summed E-state index contributed by atoms with van der Waals surface area (Å²) in [5.74, 6) is 0. The lowest BCUT2D eigenvalue weighted by molar-refractivity contribution is 0.249. The first-order valence-electron chi connectivity index (χ1n) is 4.05. The van der Waals surface area contributed by atoms with E-state index in [2.05, 4.69) is 12.6 Å². The van der Waals surface area contributed by atoms with Gasteiger partial charge in [-0.05, 0) is 25.5 Å². The quantitative estimate of drug-likeness (QED) is 0.655. The van der Waals surface area contributed by atoms with Crippen molar-refractivity contribution in [3.63, 3.8) is 0 Å². The van der Waals surface area contributed by atoms with E-state index in [4.69, 9.17) is 0 Å². The highest BCUT2D eigenvalue weighted by Crippen LogP contribution is 2.00. The second kappa shape index (κ2) is 6.85. The first-order valence-corrected chi connectivity index (χ1v) is 4.45. The molecule has 0 saturated carbocycles. The molecule has 0 rings (SSSR count). The molecule has 1 radical (unpaired) electrons. The maximum atomic E-state index is 10.8. The third-order valence-electron chi connectivity index (χ3n) is 1.21. The van der Waals surface area contributed by atoms with Gasteiger partial charge in [0.1, 0.15) is 0 Å². The number of carbonyl (C=O) groups is 1. The molecule has 0 aliphatic rings. The fourth-order valence-electron chi connectivity index (χ4n) is 0.609. The largest absolute Gasteiger partial charge is 0.321 e. The minimum Gasteiger partial charge on any atom is -0.282 e. The van der Waals surface area contributed by atoms with Gasteiger partial charge in [-0.1, -0.05) is 26.0 Å². The molecule has 0 heterocycles. The Morgan fingerprint density at radius 3 is 1.92 bits per heavy atom. The maximum absolute atomic E-state index is 10.8. The highest BCUT2D eigenvalue weighted by Gasteiger charge is 2.00. The van der Waals surface area contributed by atoms with Crippen LogP contribution in [0.25, 0.3) is 0 Å². The predicted octanol–water partition coefficient (Wildman–Crippen LogP) is 3.45. The van der Waals surface area contributed by atoms with Crippen LogP contribution in [0.15, 0.2) is 24.6 Å². The predicted molar refractivity (Wildman–Crippen MR) is 53.7 cm³/mol. The van der Waals surface area contributed by atoms with Gasteiger partial charge >= 0.3 is 5.24 Å². The molecule has 0 spiro atoms. The lowest BCUT2D eigenvalue weighted by Gasteiger charge is -2.07. The summed E-state index contributed by atoms with van der Waals surface area (Å²) in [4.78, 5) is 12.2. The van der Waals surface area contributed by atoms with Crippen LogP contribution in [0.1, 0.15) is 26.7 Å². The summed E-state index contributed by atoms with van der Waals surface area (Å²) in [5, 5.41) is -0.371. The molecule has 0 atom stereocenters. The summed E-state index contributed by atoms with van der Waals surface area (Å²) in [6.45, 7) is 4.01. The van der Waals surface area contributed by atoms with Crippen LogP contribution < -0.4 is 0 Å². The van der Waals surface area contributed by atoms with Crippen LogP contribution >= 0.6 is 12.6 Å². The fraction of sp³-hybridized carbons (Fsp3) is 0.444. The highest BCUT2D eigenvalue weighted by atomic mass is 32.1. The van der Waals surface area contributed by atoms with Gasteiger partial charge in [0.05, 0.1) is 0 Å². The maximum Gasteiger partial charge on any atom is 0.321 e. The molecule has 0 fully saturated rings. The van der Waals surface area contributed by atoms with Gasteiger partial charge in [0.25, 0.3) is 0 Å². The van der Waals surface area contributed by atoms with Crippen molar-refractivity contribution in [2.75, 3.05) is 0 Å². The van der Waals surface area contributed by atoms with Gasteiger partial charge in [0.15, 0.2) is 0 Å². The first-order chi connectivity index (χ1) is 5.72. The van der Waals surface area contributed by atoms with E-state index < -0.39 is 0 Å². The minimum absolute atomic E-state index is 0.371. The average molecular weight is 184 g/mol. The molecule has 0 saturated heterocycles. The van der Waals surface area contributed by atoms with E-state index >= 15 is 0 Å². The first kappa shape index (κ1) is 11.2. The van der Waals surface area contributed by atoms with Gasteiger partial charge in [-0.25, -0.2) is 0 Å². The van der Waals surface area contributed by atoms with Gasteiger partial charge in [0, 0.05) is 12.4 Å². The Bertz CT molecular complexity index is 173. The molecule has 0 aromatic carbocycles. The summed E-state index contributed by atoms with van der Waals surface area (Å²) in [5.41, 5.74) is 0. The van der Waals surface area contributed by atoms with Crippen molar-refractivity contribution in [2.24, 2.45) is 0 Å². The van der Waals surface area contributed by atoms with Crippen LogP contribution in [0.5, 0.6) is 0 Å². The van der Waals surface area contributed by atoms with Gasteiger partial charge in [-0.2, -0.15) is 0 Å². The van der Waals surface area contributed by atoms with Crippen LogP contribution in [0, 0.1) is 0 Å². The van der Waals surface area contributed by atoms with Crippen molar-refractivity contribution in [1.29, 1.82) is 0 Å².